The van der Waals surface area contributed by atoms with E-state index in [4.69, 9.17) is 0 Å². The molecule has 128 valence electrons. The number of nitrogens with zero attached hydrogens (tertiary/aromatic N) is 2. The molecule has 3 rings (SSSR count). The number of hydrogen-bond donors (Lipinski definition) is 1. The molecule has 0 unspecified atom stereocenters. The molecule has 1 aromatic carbocycles. The van der Waals surface area contributed by atoms with Crippen LogP contribution in [-0.2, 0) is 20.9 Å². The van der Waals surface area contributed by atoms with Gasteiger partial charge in [0, 0.05) is 30.0 Å². The van der Waals surface area contributed by atoms with Gasteiger partial charge in [-0.25, -0.2) is 4.98 Å². The molecule has 3 amide bonds. The van der Waals surface area contributed by atoms with Gasteiger partial charge in [-0.2, -0.15) is 0 Å². The molecule has 0 spiro atoms. The number of aryl methyl sites for hydroxylation is 1. The Hall–Kier alpha value is -2.80. The number of likely N-dealkylation sites (tertiary alicyclic amines) is 1. The predicted molar refractivity (Wildman–Crippen MR) is 95.7 cm³/mol. The lowest BCUT2D eigenvalue weighted by Crippen LogP contribution is -2.28. The molecule has 0 aliphatic carbocycles. The van der Waals surface area contributed by atoms with Crippen molar-refractivity contribution < 1.29 is 14.4 Å². The van der Waals surface area contributed by atoms with Crippen molar-refractivity contribution in [3.8, 4) is 0 Å². The average molecular weight is 355 g/mol. The van der Waals surface area contributed by atoms with Crippen LogP contribution in [0, 0.1) is 6.92 Å². The Morgan fingerprint density at radius 2 is 1.92 bits per heavy atom. The van der Waals surface area contributed by atoms with Gasteiger partial charge in [-0.15, -0.1) is 11.3 Å². The molecule has 1 N–H and O–H groups in total. The van der Waals surface area contributed by atoms with E-state index in [2.05, 4.69) is 10.3 Å². The minimum Gasteiger partial charge on any atom is -0.323 e. The number of benzene rings is 1. The van der Waals surface area contributed by atoms with Gasteiger partial charge in [0.2, 0.25) is 17.7 Å². The van der Waals surface area contributed by atoms with Crippen molar-refractivity contribution in [2.45, 2.75) is 26.3 Å². The van der Waals surface area contributed by atoms with Crippen molar-refractivity contribution in [1.82, 2.24) is 9.88 Å². The third-order valence-corrected chi connectivity index (χ3v) is 4.55. The summed E-state index contributed by atoms with van der Waals surface area (Å²) in [5, 5.41) is 5.59. The zero-order valence-electron chi connectivity index (χ0n) is 13.7. The molecule has 0 bridgehead atoms. The van der Waals surface area contributed by atoms with Crippen LogP contribution in [0.2, 0.25) is 0 Å². The Morgan fingerprint density at radius 1 is 1.24 bits per heavy atom. The monoisotopic (exact) mass is 355 g/mol. The number of hydrogen-bond acceptors (Lipinski definition) is 5. The molecule has 6 nitrogen and oxygen atoms in total. The summed E-state index contributed by atoms with van der Waals surface area (Å²) in [4.78, 5) is 40.7. The van der Waals surface area contributed by atoms with Gasteiger partial charge < -0.3 is 5.32 Å². The molecule has 7 heteroatoms. The first-order valence-electron chi connectivity index (χ1n) is 7.84. The van der Waals surface area contributed by atoms with Crippen LogP contribution in [0.5, 0.6) is 0 Å². The lowest BCUT2D eigenvalue weighted by Gasteiger charge is -2.14. The van der Waals surface area contributed by atoms with E-state index < -0.39 is 0 Å². The first-order valence-corrected chi connectivity index (χ1v) is 8.72. The summed E-state index contributed by atoms with van der Waals surface area (Å²) in [5.41, 5.74) is 2.25. The third-order valence-electron chi connectivity index (χ3n) is 3.76. The Bertz CT molecular complexity index is 824. The molecular weight excluding hydrogens is 338 g/mol. The van der Waals surface area contributed by atoms with E-state index in [1.165, 1.54) is 22.3 Å². The van der Waals surface area contributed by atoms with Crippen LogP contribution in [0.1, 0.15) is 29.1 Å². The van der Waals surface area contributed by atoms with Crippen molar-refractivity contribution in [3.05, 3.63) is 52.0 Å². The number of thiazole rings is 1. The second-order valence-corrected chi connectivity index (χ2v) is 6.75. The fraction of sp³-hybridized carbons (Fsp3) is 0.222. The van der Waals surface area contributed by atoms with E-state index >= 15 is 0 Å². The Balaban J connectivity index is 1.57. The number of anilines is 1. The molecule has 2 heterocycles. The van der Waals surface area contributed by atoms with Crippen LogP contribution in [0.15, 0.2) is 35.7 Å². The summed E-state index contributed by atoms with van der Waals surface area (Å²) in [6, 6.07) is 7.09. The van der Waals surface area contributed by atoms with Gasteiger partial charge in [0.25, 0.3) is 0 Å². The molecule has 0 atom stereocenters. The molecular formula is C18H17N3O3S. The van der Waals surface area contributed by atoms with Gasteiger partial charge >= 0.3 is 0 Å². The maximum atomic E-state index is 11.9. The normalized spacial score (nSPS) is 14.5. The van der Waals surface area contributed by atoms with Crippen molar-refractivity contribution in [2.24, 2.45) is 0 Å². The molecule has 1 aromatic heterocycles. The van der Waals surface area contributed by atoms with Crippen LogP contribution >= 0.6 is 11.3 Å². The Labute approximate surface area is 149 Å². The van der Waals surface area contributed by atoms with Gasteiger partial charge in [-0.05, 0) is 30.7 Å². The smallest absolute Gasteiger partial charge is 0.248 e. The maximum Gasteiger partial charge on any atom is 0.248 e. The Morgan fingerprint density at radius 3 is 2.52 bits per heavy atom. The van der Waals surface area contributed by atoms with Crippen molar-refractivity contribution >= 4 is 40.8 Å². The summed E-state index contributed by atoms with van der Waals surface area (Å²) in [5.74, 6) is -0.516. The summed E-state index contributed by atoms with van der Waals surface area (Å²) in [7, 11) is 0. The summed E-state index contributed by atoms with van der Waals surface area (Å²) in [6.07, 6.45) is 3.68. The molecule has 25 heavy (non-hydrogen) atoms. The maximum absolute atomic E-state index is 11.9. The quantitative estimate of drug-likeness (QED) is 0.661. The highest BCUT2D eigenvalue weighted by atomic mass is 32.1. The minimum atomic E-state index is -0.247. The lowest BCUT2D eigenvalue weighted by molar-refractivity contribution is -0.139. The number of rotatable bonds is 5. The number of carbonyl (C=O) groups is 3. The van der Waals surface area contributed by atoms with E-state index in [0.717, 1.165) is 16.3 Å². The molecule has 1 aliphatic heterocycles. The van der Waals surface area contributed by atoms with E-state index in [1.807, 2.05) is 12.3 Å². The minimum absolute atomic E-state index is 0.134. The van der Waals surface area contributed by atoms with Gasteiger partial charge in [0.15, 0.2) is 0 Å². The number of aromatic nitrogens is 1. The largest absolute Gasteiger partial charge is 0.323 e. The second kappa shape index (κ2) is 7.40. The third kappa shape index (κ3) is 4.39. The van der Waals surface area contributed by atoms with Gasteiger partial charge in [0.05, 0.1) is 17.2 Å². The number of nitrogens with one attached hydrogen (secondary N) is 1. The van der Waals surface area contributed by atoms with Crippen LogP contribution < -0.4 is 5.32 Å². The zero-order chi connectivity index (χ0) is 17.8. The number of imide groups is 1. The molecule has 1 saturated heterocycles. The fourth-order valence-corrected chi connectivity index (χ4v) is 3.06. The van der Waals surface area contributed by atoms with E-state index in [9.17, 15) is 14.4 Å². The molecule has 2 aromatic rings. The first kappa shape index (κ1) is 17.0. The fourth-order valence-electron chi connectivity index (χ4n) is 2.48. The van der Waals surface area contributed by atoms with E-state index in [1.54, 1.807) is 30.3 Å². The van der Waals surface area contributed by atoms with Crippen molar-refractivity contribution in [3.63, 3.8) is 0 Å². The molecule has 1 aliphatic rings. The van der Waals surface area contributed by atoms with Crippen LogP contribution in [-0.4, -0.2) is 27.6 Å². The van der Waals surface area contributed by atoms with Crippen LogP contribution in [0.3, 0.4) is 0 Å². The van der Waals surface area contributed by atoms with Gasteiger partial charge in [-0.3, -0.25) is 19.3 Å². The lowest BCUT2D eigenvalue weighted by atomic mass is 10.2. The highest BCUT2D eigenvalue weighted by Gasteiger charge is 2.28. The van der Waals surface area contributed by atoms with Crippen LogP contribution in [0.25, 0.3) is 6.08 Å². The molecule has 1 fully saturated rings. The zero-order valence-corrected chi connectivity index (χ0v) is 14.5. The van der Waals surface area contributed by atoms with E-state index in [0.29, 0.717) is 5.69 Å². The average Bonchev–Trinajstić information content (AvgIpc) is 3.15. The first-order chi connectivity index (χ1) is 12.0. The second-order valence-electron chi connectivity index (χ2n) is 5.68. The predicted octanol–water partition coefficient (Wildman–Crippen LogP) is 2.75. The summed E-state index contributed by atoms with van der Waals surface area (Å²) < 4.78 is 0. The van der Waals surface area contributed by atoms with Crippen LogP contribution in [0.4, 0.5) is 5.69 Å². The Kier molecular flexibility index (Phi) is 5.04. The number of amides is 3. The topological polar surface area (TPSA) is 79.4 Å². The summed E-state index contributed by atoms with van der Waals surface area (Å²) in [6.45, 7) is 2.18. The van der Waals surface area contributed by atoms with Crippen molar-refractivity contribution in [1.29, 1.82) is 0 Å². The SMILES string of the molecule is Cc1nc(/C=C/C(=O)Nc2ccc(CN3C(=O)CCC3=O)cc2)cs1. The highest BCUT2D eigenvalue weighted by Crippen LogP contribution is 2.17. The van der Waals surface area contributed by atoms with E-state index in [-0.39, 0.29) is 37.1 Å². The van der Waals surface area contributed by atoms with Crippen molar-refractivity contribution in [2.75, 3.05) is 5.32 Å². The van der Waals surface area contributed by atoms with Gasteiger partial charge in [0.1, 0.15) is 0 Å². The highest BCUT2D eigenvalue weighted by molar-refractivity contribution is 7.09. The number of carbonyl (C=O) groups excluding carboxylic acids is 3. The van der Waals surface area contributed by atoms with Gasteiger partial charge in [-0.1, -0.05) is 12.1 Å². The summed E-state index contributed by atoms with van der Waals surface area (Å²) >= 11 is 1.53. The molecule has 0 saturated carbocycles. The standard InChI is InChI=1S/C18H17N3O3S/c1-12-19-15(11-25-12)6-7-16(22)20-14-4-2-13(3-5-14)10-21-17(23)8-9-18(21)24/h2-7,11H,8-10H2,1H3,(H,20,22)/b7-6+. The molecule has 0 radical (unpaired) electrons.